The molecule has 2 aromatic rings. The number of nitrogens with zero attached hydrogens (tertiary/aromatic N) is 1. The van der Waals surface area contributed by atoms with Gasteiger partial charge in [0, 0.05) is 31.7 Å². The summed E-state index contributed by atoms with van der Waals surface area (Å²) < 4.78 is 5.14. The van der Waals surface area contributed by atoms with Crippen molar-refractivity contribution >= 4 is 17.6 Å². The fourth-order valence-electron chi connectivity index (χ4n) is 3.78. The molecule has 0 spiro atoms. The van der Waals surface area contributed by atoms with E-state index in [0.717, 1.165) is 48.4 Å². The van der Waals surface area contributed by atoms with E-state index in [1.165, 1.54) is 0 Å². The van der Waals surface area contributed by atoms with Crippen molar-refractivity contribution in [3.63, 3.8) is 0 Å². The smallest absolute Gasteiger partial charge is 0.321 e. The third kappa shape index (κ3) is 6.51. The molecule has 1 atom stereocenters. The molecular weight excluding hydrogens is 378 g/mol. The number of aryl methyl sites for hydroxylation is 1. The van der Waals surface area contributed by atoms with Crippen LogP contribution in [-0.4, -0.2) is 37.0 Å². The number of benzene rings is 2. The predicted octanol–water partition coefficient (Wildman–Crippen LogP) is 4.34. The van der Waals surface area contributed by atoms with Crippen LogP contribution in [0.25, 0.3) is 0 Å². The summed E-state index contributed by atoms with van der Waals surface area (Å²) >= 11 is 0. The van der Waals surface area contributed by atoms with Crippen LogP contribution in [0.4, 0.5) is 10.5 Å². The third-order valence-corrected chi connectivity index (χ3v) is 5.50. The zero-order valence-corrected chi connectivity index (χ0v) is 17.8. The van der Waals surface area contributed by atoms with E-state index in [1.807, 2.05) is 60.4 Å². The number of urea groups is 1. The monoisotopic (exact) mass is 409 g/mol. The van der Waals surface area contributed by atoms with Gasteiger partial charge in [0.25, 0.3) is 0 Å². The molecule has 1 aliphatic rings. The van der Waals surface area contributed by atoms with Crippen LogP contribution in [0.1, 0.15) is 36.8 Å². The fourth-order valence-corrected chi connectivity index (χ4v) is 3.78. The maximum atomic E-state index is 12.6. The second-order valence-electron chi connectivity index (χ2n) is 7.92. The molecule has 6 nitrogen and oxygen atoms in total. The molecule has 3 amide bonds. The number of nitrogens with one attached hydrogen (secondary N) is 2. The number of piperidine rings is 1. The lowest BCUT2D eigenvalue weighted by molar-refractivity contribution is -0.121. The number of rotatable bonds is 7. The SMILES string of the molecule is COc1ccc(CNC(=O)CC[C@@H]2CCCN(C(=O)Nc3cccc(C)c3)C2)cc1. The first kappa shape index (κ1) is 21.7. The molecule has 6 heteroatoms. The van der Waals surface area contributed by atoms with Gasteiger partial charge >= 0.3 is 6.03 Å². The highest BCUT2D eigenvalue weighted by Gasteiger charge is 2.24. The molecule has 0 bridgehead atoms. The van der Waals surface area contributed by atoms with Crippen LogP contribution in [0.5, 0.6) is 5.75 Å². The largest absolute Gasteiger partial charge is 0.497 e. The minimum Gasteiger partial charge on any atom is -0.497 e. The van der Waals surface area contributed by atoms with Crippen molar-refractivity contribution in [3.05, 3.63) is 59.7 Å². The summed E-state index contributed by atoms with van der Waals surface area (Å²) in [5.74, 6) is 1.21. The van der Waals surface area contributed by atoms with Crippen molar-refractivity contribution in [2.45, 2.75) is 39.2 Å². The summed E-state index contributed by atoms with van der Waals surface area (Å²) in [5.41, 5.74) is 2.98. The lowest BCUT2D eigenvalue weighted by Crippen LogP contribution is -2.42. The molecular formula is C24H31N3O3. The molecule has 0 unspecified atom stereocenters. The number of ether oxygens (including phenoxy) is 1. The van der Waals surface area contributed by atoms with E-state index < -0.39 is 0 Å². The molecule has 0 aliphatic carbocycles. The molecule has 3 rings (SSSR count). The molecule has 1 fully saturated rings. The second-order valence-corrected chi connectivity index (χ2v) is 7.92. The molecule has 160 valence electrons. The van der Waals surface area contributed by atoms with Gasteiger partial charge in [-0.3, -0.25) is 4.79 Å². The van der Waals surface area contributed by atoms with Gasteiger partial charge in [-0.05, 0) is 67.5 Å². The number of likely N-dealkylation sites (tertiary alicyclic amines) is 1. The van der Waals surface area contributed by atoms with E-state index in [4.69, 9.17) is 4.74 Å². The highest BCUT2D eigenvalue weighted by Crippen LogP contribution is 2.22. The Kier molecular flexibility index (Phi) is 7.71. The third-order valence-electron chi connectivity index (χ3n) is 5.50. The Morgan fingerprint density at radius 3 is 2.70 bits per heavy atom. The summed E-state index contributed by atoms with van der Waals surface area (Å²) in [4.78, 5) is 26.7. The van der Waals surface area contributed by atoms with Gasteiger partial charge in [0.05, 0.1) is 7.11 Å². The van der Waals surface area contributed by atoms with Crippen molar-refractivity contribution in [1.82, 2.24) is 10.2 Å². The second kappa shape index (κ2) is 10.7. The molecule has 2 N–H and O–H groups in total. The van der Waals surface area contributed by atoms with Crippen molar-refractivity contribution < 1.29 is 14.3 Å². The van der Waals surface area contributed by atoms with Crippen LogP contribution < -0.4 is 15.4 Å². The van der Waals surface area contributed by atoms with E-state index in [2.05, 4.69) is 10.6 Å². The standard InChI is InChI=1S/C24H31N3O3/c1-18-5-3-7-21(15-18)26-24(29)27-14-4-6-20(17-27)10-13-23(28)25-16-19-8-11-22(30-2)12-9-19/h3,5,7-9,11-12,15,20H,4,6,10,13-14,16-17H2,1-2H3,(H,25,28)(H,26,29)/t20-/m0/s1. The van der Waals surface area contributed by atoms with E-state index in [0.29, 0.717) is 25.4 Å². The van der Waals surface area contributed by atoms with Crippen molar-refractivity contribution in [2.24, 2.45) is 5.92 Å². The summed E-state index contributed by atoms with van der Waals surface area (Å²) in [6.07, 6.45) is 3.30. The van der Waals surface area contributed by atoms with Gasteiger partial charge in [-0.25, -0.2) is 4.79 Å². The van der Waals surface area contributed by atoms with Crippen molar-refractivity contribution in [2.75, 3.05) is 25.5 Å². The first-order valence-corrected chi connectivity index (χ1v) is 10.6. The number of hydrogen-bond donors (Lipinski definition) is 2. The van der Waals surface area contributed by atoms with Crippen LogP contribution in [0.2, 0.25) is 0 Å². The van der Waals surface area contributed by atoms with Gasteiger partial charge in [0.2, 0.25) is 5.91 Å². The van der Waals surface area contributed by atoms with E-state index in [-0.39, 0.29) is 11.9 Å². The molecule has 1 saturated heterocycles. The molecule has 0 aromatic heterocycles. The van der Waals surface area contributed by atoms with Gasteiger partial charge in [-0.2, -0.15) is 0 Å². The molecule has 1 aliphatic heterocycles. The topological polar surface area (TPSA) is 70.7 Å². The summed E-state index contributed by atoms with van der Waals surface area (Å²) in [5, 5.41) is 5.96. The van der Waals surface area contributed by atoms with Crippen LogP contribution in [0.15, 0.2) is 48.5 Å². The molecule has 30 heavy (non-hydrogen) atoms. The lowest BCUT2D eigenvalue weighted by atomic mass is 9.93. The van der Waals surface area contributed by atoms with Gasteiger partial charge in [0.15, 0.2) is 0 Å². The average molecular weight is 410 g/mol. The first-order chi connectivity index (χ1) is 14.5. The minimum atomic E-state index is -0.0609. The molecule has 0 radical (unpaired) electrons. The maximum absolute atomic E-state index is 12.6. The Hall–Kier alpha value is -3.02. The number of carbonyl (C=O) groups excluding carboxylic acids is 2. The highest BCUT2D eigenvalue weighted by molar-refractivity contribution is 5.89. The van der Waals surface area contributed by atoms with Crippen LogP contribution in [0, 0.1) is 12.8 Å². The maximum Gasteiger partial charge on any atom is 0.321 e. The summed E-state index contributed by atoms with van der Waals surface area (Å²) in [6, 6.07) is 15.4. The molecule has 0 saturated carbocycles. The van der Waals surface area contributed by atoms with Crippen LogP contribution in [0.3, 0.4) is 0 Å². The fraction of sp³-hybridized carbons (Fsp3) is 0.417. The number of methoxy groups -OCH3 is 1. The minimum absolute atomic E-state index is 0.0483. The van der Waals surface area contributed by atoms with E-state index in [9.17, 15) is 9.59 Å². The lowest BCUT2D eigenvalue weighted by Gasteiger charge is -2.32. The van der Waals surface area contributed by atoms with Gasteiger partial charge < -0.3 is 20.3 Å². The zero-order valence-electron chi connectivity index (χ0n) is 17.8. The van der Waals surface area contributed by atoms with Crippen molar-refractivity contribution in [3.8, 4) is 5.75 Å². The Bertz CT molecular complexity index is 851. The predicted molar refractivity (Wildman–Crippen MR) is 119 cm³/mol. The molecule has 2 aromatic carbocycles. The zero-order chi connectivity index (χ0) is 21.3. The van der Waals surface area contributed by atoms with Crippen LogP contribution in [-0.2, 0) is 11.3 Å². The molecule has 1 heterocycles. The van der Waals surface area contributed by atoms with Gasteiger partial charge in [0.1, 0.15) is 5.75 Å². The Morgan fingerprint density at radius 1 is 1.17 bits per heavy atom. The van der Waals surface area contributed by atoms with Gasteiger partial charge in [-0.15, -0.1) is 0 Å². The Balaban J connectivity index is 1.40. The van der Waals surface area contributed by atoms with E-state index in [1.54, 1.807) is 7.11 Å². The average Bonchev–Trinajstić information content (AvgIpc) is 2.77. The summed E-state index contributed by atoms with van der Waals surface area (Å²) in [7, 11) is 1.63. The number of carbonyl (C=O) groups is 2. The van der Waals surface area contributed by atoms with Gasteiger partial charge in [-0.1, -0.05) is 24.3 Å². The number of hydrogen-bond acceptors (Lipinski definition) is 3. The first-order valence-electron chi connectivity index (χ1n) is 10.6. The quantitative estimate of drug-likeness (QED) is 0.714. The Morgan fingerprint density at radius 2 is 1.97 bits per heavy atom. The van der Waals surface area contributed by atoms with Crippen molar-refractivity contribution in [1.29, 1.82) is 0 Å². The van der Waals surface area contributed by atoms with Crippen LogP contribution >= 0.6 is 0 Å². The van der Waals surface area contributed by atoms with E-state index >= 15 is 0 Å². The number of amides is 3. The summed E-state index contributed by atoms with van der Waals surface area (Å²) in [6.45, 7) is 3.98. The number of anilines is 1. The Labute approximate surface area is 178 Å². The highest BCUT2D eigenvalue weighted by atomic mass is 16.5. The normalized spacial score (nSPS) is 16.1.